The predicted molar refractivity (Wildman–Crippen MR) is 62.5 cm³/mol. The summed E-state index contributed by atoms with van der Waals surface area (Å²) in [6.07, 6.45) is -0.149. The van der Waals surface area contributed by atoms with Gasteiger partial charge in [0.05, 0.1) is 6.61 Å². The first-order chi connectivity index (χ1) is 7.74. The maximum absolute atomic E-state index is 11.5. The number of ether oxygens (including phenoxy) is 1. The number of thioether (sulfide) groups is 1. The third kappa shape index (κ3) is 2.08. The van der Waals surface area contributed by atoms with Crippen molar-refractivity contribution in [1.29, 1.82) is 0 Å². The van der Waals surface area contributed by atoms with Gasteiger partial charge in [-0.25, -0.2) is 4.79 Å². The Morgan fingerprint density at radius 2 is 2.44 bits per heavy atom. The summed E-state index contributed by atoms with van der Waals surface area (Å²) in [5.74, 6) is 0.449. The molecule has 1 heterocycles. The summed E-state index contributed by atoms with van der Waals surface area (Å²) in [5.41, 5.74) is 1.89. The summed E-state index contributed by atoms with van der Waals surface area (Å²) in [6, 6.07) is 5.71. The monoisotopic (exact) mass is 238 g/mol. The van der Waals surface area contributed by atoms with Crippen LogP contribution < -0.4 is 0 Å². The van der Waals surface area contributed by atoms with Crippen molar-refractivity contribution in [2.45, 2.75) is 24.3 Å². The first-order valence-corrected chi connectivity index (χ1v) is 6.32. The van der Waals surface area contributed by atoms with E-state index in [9.17, 15) is 9.90 Å². The molecular weight excluding hydrogens is 224 g/mol. The summed E-state index contributed by atoms with van der Waals surface area (Å²) in [7, 11) is 0. The Kier molecular flexibility index (Phi) is 3.51. The summed E-state index contributed by atoms with van der Waals surface area (Å²) in [4.78, 5) is 12.5. The van der Waals surface area contributed by atoms with Gasteiger partial charge in [0, 0.05) is 16.2 Å². The van der Waals surface area contributed by atoms with Crippen LogP contribution in [0, 0.1) is 0 Å². The first-order valence-electron chi connectivity index (χ1n) is 5.33. The number of aryl methyl sites for hydroxylation is 1. The van der Waals surface area contributed by atoms with Crippen LogP contribution in [0.1, 0.15) is 24.2 Å². The Labute approximate surface area is 98.8 Å². The number of aliphatic hydroxyl groups excluding tert-OH is 1. The molecule has 0 aromatic heterocycles. The second-order valence-corrected chi connectivity index (χ2v) is 4.69. The molecule has 1 aliphatic rings. The van der Waals surface area contributed by atoms with Crippen LogP contribution >= 0.6 is 11.8 Å². The minimum absolute atomic E-state index is 0.290. The van der Waals surface area contributed by atoms with Crippen LogP contribution in [-0.2, 0) is 16.0 Å². The van der Waals surface area contributed by atoms with E-state index in [1.807, 2.05) is 12.1 Å². The van der Waals surface area contributed by atoms with Gasteiger partial charge in [-0.15, -0.1) is 11.8 Å². The lowest BCUT2D eigenvalue weighted by Gasteiger charge is -2.13. The number of aliphatic hydroxyl groups is 1. The molecule has 1 N–H and O–H groups in total. The van der Waals surface area contributed by atoms with Crippen molar-refractivity contribution < 1.29 is 14.6 Å². The van der Waals surface area contributed by atoms with Crippen molar-refractivity contribution in [3.63, 3.8) is 0 Å². The maximum atomic E-state index is 11.5. The van der Waals surface area contributed by atoms with E-state index in [0.717, 1.165) is 17.1 Å². The smallest absolute Gasteiger partial charge is 0.339 e. The molecule has 0 radical (unpaired) electrons. The first kappa shape index (κ1) is 11.5. The quantitative estimate of drug-likeness (QED) is 0.817. The molecule has 1 atom stereocenters. The number of esters is 1. The molecule has 1 aromatic carbocycles. The van der Waals surface area contributed by atoms with Crippen LogP contribution in [0.3, 0.4) is 0 Å². The van der Waals surface area contributed by atoms with Crippen molar-refractivity contribution in [1.82, 2.24) is 0 Å². The highest BCUT2D eigenvalue weighted by molar-refractivity contribution is 7.99. The minimum Gasteiger partial charge on any atom is -0.464 e. The lowest BCUT2D eigenvalue weighted by atomic mass is 10.0. The number of benzene rings is 1. The number of hydrogen-bond donors (Lipinski definition) is 1. The lowest BCUT2D eigenvalue weighted by molar-refractivity contribution is -0.153. The van der Waals surface area contributed by atoms with Crippen molar-refractivity contribution in [3.8, 4) is 0 Å². The topological polar surface area (TPSA) is 46.5 Å². The van der Waals surface area contributed by atoms with Crippen LogP contribution in [0.2, 0.25) is 0 Å². The molecule has 0 saturated heterocycles. The van der Waals surface area contributed by atoms with Gasteiger partial charge < -0.3 is 9.84 Å². The van der Waals surface area contributed by atoms with E-state index in [1.54, 1.807) is 24.8 Å². The van der Waals surface area contributed by atoms with Crippen molar-refractivity contribution in [3.05, 3.63) is 29.3 Å². The normalized spacial score (nSPS) is 15.6. The zero-order chi connectivity index (χ0) is 11.5. The third-order valence-corrected chi connectivity index (χ3v) is 3.74. The van der Waals surface area contributed by atoms with Gasteiger partial charge in [0.15, 0.2) is 6.10 Å². The van der Waals surface area contributed by atoms with E-state index in [0.29, 0.717) is 5.56 Å². The Balaban J connectivity index is 2.27. The van der Waals surface area contributed by atoms with Gasteiger partial charge in [-0.2, -0.15) is 0 Å². The van der Waals surface area contributed by atoms with E-state index >= 15 is 0 Å². The van der Waals surface area contributed by atoms with E-state index in [2.05, 4.69) is 0 Å². The number of fused-ring (bicyclic) bond motifs is 1. The second kappa shape index (κ2) is 4.89. The van der Waals surface area contributed by atoms with Gasteiger partial charge >= 0.3 is 5.97 Å². The molecule has 0 fully saturated rings. The fraction of sp³-hybridized carbons (Fsp3) is 0.417. The van der Waals surface area contributed by atoms with Gasteiger partial charge in [0.1, 0.15) is 0 Å². The van der Waals surface area contributed by atoms with E-state index in [4.69, 9.17) is 4.74 Å². The van der Waals surface area contributed by atoms with Gasteiger partial charge in [-0.05, 0) is 18.9 Å². The highest BCUT2D eigenvalue weighted by Crippen LogP contribution is 2.37. The SMILES string of the molecule is CCOC(=O)C(O)c1cccc2c1SCC2. The zero-order valence-electron chi connectivity index (χ0n) is 9.10. The molecule has 1 unspecified atom stereocenters. The Morgan fingerprint density at radius 1 is 1.62 bits per heavy atom. The van der Waals surface area contributed by atoms with Gasteiger partial charge in [-0.1, -0.05) is 18.2 Å². The average Bonchev–Trinajstić information content (AvgIpc) is 2.76. The third-order valence-electron chi connectivity index (χ3n) is 2.55. The van der Waals surface area contributed by atoms with E-state index in [1.165, 1.54) is 5.56 Å². The lowest BCUT2D eigenvalue weighted by Crippen LogP contribution is -2.16. The highest BCUT2D eigenvalue weighted by Gasteiger charge is 2.25. The number of rotatable bonds is 3. The fourth-order valence-corrected chi connectivity index (χ4v) is 3.03. The molecule has 3 nitrogen and oxygen atoms in total. The average molecular weight is 238 g/mol. The molecule has 4 heteroatoms. The van der Waals surface area contributed by atoms with Crippen LogP contribution in [0.25, 0.3) is 0 Å². The summed E-state index contributed by atoms with van der Waals surface area (Å²) < 4.78 is 4.82. The zero-order valence-corrected chi connectivity index (χ0v) is 9.92. The largest absolute Gasteiger partial charge is 0.464 e. The van der Waals surface area contributed by atoms with Crippen LogP contribution in [0.4, 0.5) is 0 Å². The highest BCUT2D eigenvalue weighted by atomic mass is 32.2. The molecule has 16 heavy (non-hydrogen) atoms. The number of hydrogen-bond acceptors (Lipinski definition) is 4. The molecule has 0 amide bonds. The van der Waals surface area contributed by atoms with Gasteiger partial charge in [0.2, 0.25) is 0 Å². The fourth-order valence-electron chi connectivity index (χ4n) is 1.80. The Hall–Kier alpha value is -1.00. The summed E-state index contributed by atoms with van der Waals surface area (Å²) in [5, 5.41) is 9.90. The molecule has 1 aliphatic heterocycles. The van der Waals surface area contributed by atoms with Crippen LogP contribution in [-0.4, -0.2) is 23.4 Å². The van der Waals surface area contributed by atoms with E-state index < -0.39 is 12.1 Å². The van der Waals surface area contributed by atoms with Crippen molar-refractivity contribution in [2.24, 2.45) is 0 Å². The Morgan fingerprint density at radius 3 is 3.19 bits per heavy atom. The minimum atomic E-state index is -1.15. The molecule has 86 valence electrons. The molecule has 1 aromatic rings. The van der Waals surface area contributed by atoms with Crippen LogP contribution in [0.15, 0.2) is 23.1 Å². The van der Waals surface area contributed by atoms with Gasteiger partial charge in [0.25, 0.3) is 0 Å². The van der Waals surface area contributed by atoms with Gasteiger partial charge in [-0.3, -0.25) is 0 Å². The van der Waals surface area contributed by atoms with Crippen molar-refractivity contribution in [2.75, 3.05) is 12.4 Å². The van der Waals surface area contributed by atoms with Crippen LogP contribution in [0.5, 0.6) is 0 Å². The second-order valence-electron chi connectivity index (χ2n) is 3.59. The van der Waals surface area contributed by atoms with E-state index in [-0.39, 0.29) is 6.61 Å². The maximum Gasteiger partial charge on any atom is 0.339 e. The predicted octanol–water partition coefficient (Wildman–Crippen LogP) is 1.93. The Bertz CT molecular complexity index is 403. The standard InChI is InChI=1S/C12H14O3S/c1-2-15-12(14)10(13)9-5-3-4-8-6-7-16-11(8)9/h3-5,10,13H,2,6-7H2,1H3. The molecule has 0 aliphatic carbocycles. The summed E-state index contributed by atoms with van der Waals surface area (Å²) in [6.45, 7) is 2.02. The number of carbonyl (C=O) groups is 1. The molecule has 0 bridgehead atoms. The molecule has 2 rings (SSSR count). The van der Waals surface area contributed by atoms with Crippen molar-refractivity contribution >= 4 is 17.7 Å². The molecular formula is C12H14O3S. The summed E-state index contributed by atoms with van der Waals surface area (Å²) >= 11 is 1.69. The number of carbonyl (C=O) groups excluding carboxylic acids is 1. The molecule has 0 saturated carbocycles. The molecule has 0 spiro atoms.